The van der Waals surface area contributed by atoms with Gasteiger partial charge in [-0.25, -0.2) is 0 Å². The summed E-state index contributed by atoms with van der Waals surface area (Å²) in [5.74, 6) is 2.30. The summed E-state index contributed by atoms with van der Waals surface area (Å²) >= 11 is 1.78. The molecule has 2 aromatic heterocycles. The van der Waals surface area contributed by atoms with Gasteiger partial charge >= 0.3 is 0 Å². The largest absolute Gasteiger partial charge is 0.424 e. The molecule has 2 atom stereocenters. The fourth-order valence-corrected chi connectivity index (χ4v) is 4.93. The molecule has 6 nitrogen and oxygen atoms in total. The Hall–Kier alpha value is -1.73. The summed E-state index contributed by atoms with van der Waals surface area (Å²) in [6.07, 6.45) is 4.46. The number of rotatable bonds is 6. The van der Waals surface area contributed by atoms with Gasteiger partial charge in [0.2, 0.25) is 17.7 Å². The highest BCUT2D eigenvalue weighted by atomic mass is 32.1. The number of amides is 1. The van der Waals surface area contributed by atoms with Crippen LogP contribution in [0.1, 0.15) is 42.8 Å². The average Bonchev–Trinajstić information content (AvgIpc) is 3.32. The minimum atomic E-state index is 0.334. The summed E-state index contributed by atoms with van der Waals surface area (Å²) in [6, 6.07) is 4.64. The molecule has 4 heterocycles. The van der Waals surface area contributed by atoms with Gasteiger partial charge in [0.05, 0.1) is 6.54 Å². The highest BCUT2D eigenvalue weighted by Crippen LogP contribution is 2.32. The van der Waals surface area contributed by atoms with E-state index in [1.54, 1.807) is 11.3 Å². The van der Waals surface area contributed by atoms with Crippen LogP contribution in [0.15, 0.2) is 21.9 Å². The van der Waals surface area contributed by atoms with Crippen molar-refractivity contribution in [3.05, 3.63) is 34.2 Å². The van der Waals surface area contributed by atoms with Gasteiger partial charge < -0.3 is 9.32 Å². The molecule has 0 aliphatic carbocycles. The van der Waals surface area contributed by atoms with E-state index >= 15 is 0 Å². The summed E-state index contributed by atoms with van der Waals surface area (Å²) in [5.41, 5.74) is 0. The lowest BCUT2D eigenvalue weighted by Gasteiger charge is -2.47. The van der Waals surface area contributed by atoms with Gasteiger partial charge in [-0.15, -0.1) is 21.5 Å². The second-order valence-corrected chi connectivity index (χ2v) is 8.28. The normalized spacial score (nSPS) is 24.0. The van der Waals surface area contributed by atoms with E-state index in [-0.39, 0.29) is 0 Å². The third-order valence-electron chi connectivity index (χ3n) is 5.58. The smallest absolute Gasteiger partial charge is 0.230 e. The minimum absolute atomic E-state index is 0.334. The van der Waals surface area contributed by atoms with Gasteiger partial charge in [0, 0.05) is 43.4 Å². The van der Waals surface area contributed by atoms with Crippen molar-refractivity contribution in [3.63, 3.8) is 0 Å². The maximum atomic E-state index is 12.5. The van der Waals surface area contributed by atoms with Crippen LogP contribution in [0.4, 0.5) is 0 Å². The number of aromatic nitrogens is 2. The molecular formula is C19H26N4O2S. The molecule has 0 saturated carbocycles. The molecule has 2 fully saturated rings. The van der Waals surface area contributed by atoms with Crippen molar-refractivity contribution in [3.8, 4) is 0 Å². The van der Waals surface area contributed by atoms with Crippen LogP contribution in [0, 0.1) is 5.92 Å². The van der Waals surface area contributed by atoms with E-state index in [0.29, 0.717) is 36.1 Å². The van der Waals surface area contributed by atoms with Crippen molar-refractivity contribution in [1.29, 1.82) is 0 Å². The number of carbonyl (C=O) groups is 1. The van der Waals surface area contributed by atoms with Crippen LogP contribution in [0.3, 0.4) is 0 Å². The Morgan fingerprint density at radius 2 is 2.19 bits per heavy atom. The zero-order valence-electron chi connectivity index (χ0n) is 15.3. The van der Waals surface area contributed by atoms with E-state index in [4.69, 9.17) is 4.42 Å². The van der Waals surface area contributed by atoms with Crippen LogP contribution >= 0.6 is 11.3 Å². The van der Waals surface area contributed by atoms with Crippen LogP contribution in [-0.2, 0) is 24.2 Å². The van der Waals surface area contributed by atoms with E-state index in [2.05, 4.69) is 37.5 Å². The summed E-state index contributed by atoms with van der Waals surface area (Å²) in [4.78, 5) is 18.4. The summed E-state index contributed by atoms with van der Waals surface area (Å²) in [7, 11) is 0. The molecule has 140 valence electrons. The van der Waals surface area contributed by atoms with Crippen LogP contribution in [-0.4, -0.2) is 51.6 Å². The first-order valence-electron chi connectivity index (χ1n) is 9.58. The zero-order chi connectivity index (χ0) is 17.9. The van der Waals surface area contributed by atoms with Crippen molar-refractivity contribution in [2.24, 2.45) is 5.92 Å². The van der Waals surface area contributed by atoms with Gasteiger partial charge in [-0.3, -0.25) is 9.69 Å². The fourth-order valence-electron chi connectivity index (χ4n) is 4.23. The molecule has 0 unspecified atom stereocenters. The number of carbonyl (C=O) groups excluding carboxylic acids is 1. The lowest BCUT2D eigenvalue weighted by Crippen LogP contribution is -2.56. The lowest BCUT2D eigenvalue weighted by atomic mass is 9.83. The molecule has 2 aromatic rings. The molecule has 0 radical (unpaired) electrons. The van der Waals surface area contributed by atoms with Crippen LogP contribution in [0.25, 0.3) is 0 Å². The van der Waals surface area contributed by atoms with Crippen LogP contribution < -0.4 is 0 Å². The number of piperidine rings is 2. The van der Waals surface area contributed by atoms with Crippen molar-refractivity contribution in [1.82, 2.24) is 20.0 Å². The Morgan fingerprint density at radius 3 is 2.96 bits per heavy atom. The number of hydrogen-bond acceptors (Lipinski definition) is 6. The lowest BCUT2D eigenvalue weighted by molar-refractivity contribution is -0.141. The van der Waals surface area contributed by atoms with Gasteiger partial charge in [0.15, 0.2) is 0 Å². The summed E-state index contributed by atoms with van der Waals surface area (Å²) in [5, 5.41) is 10.3. The predicted molar refractivity (Wildman–Crippen MR) is 99.8 cm³/mol. The molecule has 4 rings (SSSR count). The maximum absolute atomic E-state index is 12.5. The molecule has 2 aliphatic rings. The maximum Gasteiger partial charge on any atom is 0.230 e. The molecule has 0 spiro atoms. The Bertz CT molecular complexity index is 730. The van der Waals surface area contributed by atoms with Gasteiger partial charge in [-0.2, -0.15) is 0 Å². The standard InChI is InChI=1S/C19H26N4O2S/c1-2-17-20-21-18(25-17)13-22-9-8-16-14(12-22)5-6-19(24)23(16)10-7-15-4-3-11-26-15/h3-4,11,14,16H,2,5-10,12-13H2,1H3/t14-,16+/m0/s1. The molecule has 26 heavy (non-hydrogen) atoms. The first kappa shape index (κ1) is 17.7. The molecule has 0 N–H and O–H groups in total. The minimum Gasteiger partial charge on any atom is -0.424 e. The third-order valence-corrected chi connectivity index (χ3v) is 6.51. The number of fused-ring (bicyclic) bond motifs is 1. The number of likely N-dealkylation sites (tertiary alicyclic amines) is 2. The molecule has 2 aliphatic heterocycles. The van der Waals surface area contributed by atoms with Crippen LogP contribution in [0.2, 0.25) is 0 Å². The summed E-state index contributed by atoms with van der Waals surface area (Å²) in [6.45, 7) is 5.58. The highest BCUT2D eigenvalue weighted by molar-refractivity contribution is 7.09. The van der Waals surface area contributed by atoms with Crippen molar-refractivity contribution >= 4 is 17.2 Å². The predicted octanol–water partition coefficient (Wildman–Crippen LogP) is 2.75. The highest BCUT2D eigenvalue weighted by Gasteiger charge is 2.39. The molecule has 0 aromatic carbocycles. The Labute approximate surface area is 158 Å². The van der Waals surface area contributed by atoms with Gasteiger partial charge in [0.25, 0.3) is 0 Å². The third kappa shape index (κ3) is 3.83. The number of aryl methyl sites for hydroxylation is 1. The Morgan fingerprint density at radius 1 is 1.31 bits per heavy atom. The van der Waals surface area contributed by atoms with Crippen molar-refractivity contribution in [2.75, 3.05) is 19.6 Å². The fraction of sp³-hybridized carbons (Fsp3) is 0.632. The first-order valence-corrected chi connectivity index (χ1v) is 10.5. The monoisotopic (exact) mass is 374 g/mol. The van der Waals surface area contributed by atoms with Gasteiger partial charge in [-0.1, -0.05) is 13.0 Å². The van der Waals surface area contributed by atoms with Crippen LogP contribution in [0.5, 0.6) is 0 Å². The second kappa shape index (κ2) is 7.88. The van der Waals surface area contributed by atoms with Crippen molar-refractivity contribution in [2.45, 2.75) is 51.6 Å². The molecule has 7 heteroatoms. The van der Waals surface area contributed by atoms with Crippen molar-refractivity contribution < 1.29 is 9.21 Å². The SMILES string of the molecule is CCc1nnc(CN2CC[C@@H]3[C@@H](CCC(=O)N3CCc3cccs3)C2)o1. The number of hydrogen-bond donors (Lipinski definition) is 0. The Kier molecular flexibility index (Phi) is 5.36. The Balaban J connectivity index is 1.36. The number of nitrogens with zero attached hydrogens (tertiary/aromatic N) is 4. The first-order chi connectivity index (χ1) is 12.7. The van der Waals surface area contributed by atoms with Gasteiger partial charge in [-0.05, 0) is 36.6 Å². The van der Waals surface area contributed by atoms with E-state index < -0.39 is 0 Å². The molecule has 2 saturated heterocycles. The topological polar surface area (TPSA) is 62.5 Å². The van der Waals surface area contributed by atoms with E-state index in [9.17, 15) is 4.79 Å². The van der Waals surface area contributed by atoms with Gasteiger partial charge in [0.1, 0.15) is 0 Å². The molecule has 1 amide bonds. The molecular weight excluding hydrogens is 348 g/mol. The quantitative estimate of drug-likeness (QED) is 0.778. The number of thiophene rings is 1. The van der Waals surface area contributed by atoms with E-state index in [1.165, 1.54) is 4.88 Å². The zero-order valence-corrected chi connectivity index (χ0v) is 16.1. The molecule has 0 bridgehead atoms. The van der Waals surface area contributed by atoms with E-state index in [1.807, 2.05) is 6.92 Å². The second-order valence-electron chi connectivity index (χ2n) is 7.25. The average molecular weight is 375 g/mol. The summed E-state index contributed by atoms with van der Waals surface area (Å²) < 4.78 is 5.66. The van der Waals surface area contributed by atoms with E-state index in [0.717, 1.165) is 51.9 Å².